The molecule has 0 aliphatic heterocycles. The summed E-state index contributed by atoms with van der Waals surface area (Å²) >= 11 is 1.78. The maximum Gasteiger partial charge on any atom is 0.246 e. The molecule has 13 heavy (non-hydrogen) atoms. The van der Waals surface area contributed by atoms with Crippen LogP contribution >= 0.6 is 11.8 Å². The van der Waals surface area contributed by atoms with Gasteiger partial charge in [-0.1, -0.05) is 13.0 Å². The highest BCUT2D eigenvalue weighted by Gasteiger charge is 2.14. The van der Waals surface area contributed by atoms with E-state index in [2.05, 4.69) is 13.2 Å². The molecule has 0 spiro atoms. The fraction of sp³-hybridized carbons (Fsp3) is 0.700. The number of amides is 1. The zero-order valence-electron chi connectivity index (χ0n) is 8.91. The van der Waals surface area contributed by atoms with Gasteiger partial charge in [0.1, 0.15) is 0 Å². The molecule has 0 saturated heterocycles. The van der Waals surface area contributed by atoms with E-state index in [4.69, 9.17) is 0 Å². The van der Waals surface area contributed by atoms with E-state index in [9.17, 15) is 4.79 Å². The van der Waals surface area contributed by atoms with Crippen molar-refractivity contribution in [2.24, 2.45) is 0 Å². The van der Waals surface area contributed by atoms with Gasteiger partial charge in [-0.05, 0) is 25.7 Å². The second kappa shape index (κ2) is 7.01. The lowest BCUT2D eigenvalue weighted by atomic mass is 10.2. The van der Waals surface area contributed by atoms with Gasteiger partial charge in [0.25, 0.3) is 0 Å². The number of carbonyl (C=O) groups is 1. The molecule has 76 valence electrons. The Morgan fingerprint density at radius 3 is 2.62 bits per heavy atom. The van der Waals surface area contributed by atoms with Gasteiger partial charge in [-0.25, -0.2) is 0 Å². The van der Waals surface area contributed by atoms with E-state index < -0.39 is 0 Å². The van der Waals surface area contributed by atoms with Crippen LogP contribution in [0.5, 0.6) is 0 Å². The lowest BCUT2D eigenvalue weighted by Gasteiger charge is -2.25. The van der Waals surface area contributed by atoms with Gasteiger partial charge in [-0.3, -0.25) is 4.79 Å². The van der Waals surface area contributed by atoms with E-state index >= 15 is 0 Å². The Labute approximate surface area is 85.4 Å². The molecule has 0 rings (SSSR count). The molecule has 0 aliphatic rings. The quantitative estimate of drug-likeness (QED) is 0.635. The second-order valence-corrected chi connectivity index (χ2v) is 3.88. The third kappa shape index (κ3) is 4.36. The minimum absolute atomic E-state index is 0.100. The lowest BCUT2D eigenvalue weighted by Crippen LogP contribution is -2.37. The number of nitrogens with zero attached hydrogens (tertiary/aromatic N) is 1. The summed E-state index contributed by atoms with van der Waals surface area (Å²) in [5, 5.41) is 0. The number of thioether (sulfide) groups is 1. The topological polar surface area (TPSA) is 20.3 Å². The van der Waals surface area contributed by atoms with Crippen LogP contribution in [0, 0.1) is 0 Å². The minimum Gasteiger partial charge on any atom is -0.338 e. The molecule has 0 bridgehead atoms. The molecular weight excluding hydrogens is 182 g/mol. The molecule has 0 saturated carbocycles. The van der Waals surface area contributed by atoms with Gasteiger partial charge in [0.2, 0.25) is 5.91 Å². The molecule has 1 atom stereocenters. The molecule has 0 aromatic heterocycles. The summed E-state index contributed by atoms with van der Waals surface area (Å²) in [5.41, 5.74) is 0. The van der Waals surface area contributed by atoms with Gasteiger partial charge in [-0.2, -0.15) is 11.8 Å². The van der Waals surface area contributed by atoms with Crippen molar-refractivity contribution < 1.29 is 4.79 Å². The summed E-state index contributed by atoms with van der Waals surface area (Å²) in [4.78, 5) is 13.3. The summed E-state index contributed by atoms with van der Waals surface area (Å²) in [7, 11) is 1.87. The Hall–Kier alpha value is -0.440. The van der Waals surface area contributed by atoms with Gasteiger partial charge < -0.3 is 4.90 Å². The van der Waals surface area contributed by atoms with Crippen molar-refractivity contribution in [1.82, 2.24) is 4.90 Å². The van der Waals surface area contributed by atoms with E-state index in [0.717, 1.165) is 12.2 Å². The molecule has 0 aliphatic carbocycles. The highest BCUT2D eigenvalue weighted by atomic mass is 32.2. The van der Waals surface area contributed by atoms with Crippen LogP contribution in [-0.4, -0.2) is 35.9 Å². The Bertz CT molecular complexity index is 180. The summed E-state index contributed by atoms with van der Waals surface area (Å²) in [6.07, 6.45) is 6.48. The van der Waals surface area contributed by atoms with Crippen molar-refractivity contribution in [1.29, 1.82) is 0 Å². The SMILES string of the molecule is C/C=C/C(=O)N(C)C(CC)CSC. The molecule has 0 aromatic rings. The summed E-state index contributed by atoms with van der Waals surface area (Å²) < 4.78 is 0. The number of rotatable bonds is 5. The molecule has 0 aromatic carbocycles. The van der Waals surface area contributed by atoms with Crippen LogP contribution in [0.15, 0.2) is 12.2 Å². The normalized spacial score (nSPS) is 13.2. The average Bonchev–Trinajstić information content (AvgIpc) is 2.13. The van der Waals surface area contributed by atoms with Crippen molar-refractivity contribution in [3.8, 4) is 0 Å². The van der Waals surface area contributed by atoms with Crippen LogP contribution in [-0.2, 0) is 4.79 Å². The van der Waals surface area contributed by atoms with Crippen LogP contribution in [0.2, 0.25) is 0 Å². The molecule has 0 heterocycles. The first kappa shape index (κ1) is 12.6. The number of likely N-dealkylation sites (N-methyl/N-ethyl adjacent to an activating group) is 1. The van der Waals surface area contributed by atoms with Crippen LogP contribution in [0.3, 0.4) is 0 Å². The Morgan fingerprint density at radius 1 is 1.62 bits per heavy atom. The van der Waals surface area contributed by atoms with Gasteiger partial charge in [-0.15, -0.1) is 0 Å². The van der Waals surface area contributed by atoms with Crippen molar-refractivity contribution in [2.45, 2.75) is 26.3 Å². The summed E-state index contributed by atoms with van der Waals surface area (Å²) in [6, 6.07) is 0.360. The Balaban J connectivity index is 4.18. The van der Waals surface area contributed by atoms with Crippen LogP contribution in [0.4, 0.5) is 0 Å². The smallest absolute Gasteiger partial charge is 0.246 e. The maximum absolute atomic E-state index is 11.4. The van der Waals surface area contributed by atoms with Gasteiger partial charge in [0.15, 0.2) is 0 Å². The zero-order valence-corrected chi connectivity index (χ0v) is 9.73. The Morgan fingerprint density at radius 2 is 2.23 bits per heavy atom. The first-order valence-electron chi connectivity index (χ1n) is 4.55. The van der Waals surface area contributed by atoms with Crippen LogP contribution < -0.4 is 0 Å². The van der Waals surface area contributed by atoms with Crippen molar-refractivity contribution in [3.63, 3.8) is 0 Å². The van der Waals surface area contributed by atoms with Crippen molar-refractivity contribution >= 4 is 17.7 Å². The van der Waals surface area contributed by atoms with E-state index in [0.29, 0.717) is 6.04 Å². The highest BCUT2D eigenvalue weighted by Crippen LogP contribution is 2.08. The molecule has 0 fully saturated rings. The fourth-order valence-electron chi connectivity index (χ4n) is 1.14. The molecule has 0 N–H and O–H groups in total. The maximum atomic E-state index is 11.4. The average molecular weight is 201 g/mol. The first-order chi connectivity index (χ1) is 6.17. The van der Waals surface area contributed by atoms with E-state index in [1.54, 1.807) is 23.9 Å². The summed E-state index contributed by atoms with van der Waals surface area (Å²) in [6.45, 7) is 3.97. The number of carbonyl (C=O) groups excluding carboxylic acids is 1. The lowest BCUT2D eigenvalue weighted by molar-refractivity contribution is -0.126. The number of hydrogen-bond acceptors (Lipinski definition) is 2. The van der Waals surface area contributed by atoms with Gasteiger partial charge in [0.05, 0.1) is 0 Å². The molecule has 0 radical (unpaired) electrons. The molecule has 2 nitrogen and oxygen atoms in total. The fourth-order valence-corrected chi connectivity index (χ4v) is 1.98. The zero-order chi connectivity index (χ0) is 10.3. The molecular formula is C10H19NOS. The first-order valence-corrected chi connectivity index (χ1v) is 5.95. The van der Waals surface area contributed by atoms with Crippen LogP contribution in [0.1, 0.15) is 20.3 Å². The largest absolute Gasteiger partial charge is 0.338 e. The van der Waals surface area contributed by atoms with Crippen molar-refractivity contribution in [2.75, 3.05) is 19.1 Å². The minimum atomic E-state index is 0.100. The molecule has 1 unspecified atom stereocenters. The number of allylic oxidation sites excluding steroid dienone is 1. The highest BCUT2D eigenvalue weighted by molar-refractivity contribution is 7.98. The molecule has 1 amide bonds. The van der Waals surface area contributed by atoms with Crippen LogP contribution in [0.25, 0.3) is 0 Å². The summed E-state index contributed by atoms with van der Waals surface area (Å²) in [5.74, 6) is 1.11. The second-order valence-electron chi connectivity index (χ2n) is 2.97. The monoisotopic (exact) mass is 201 g/mol. The van der Waals surface area contributed by atoms with Gasteiger partial charge in [0, 0.05) is 18.8 Å². The van der Waals surface area contributed by atoms with Crippen molar-refractivity contribution in [3.05, 3.63) is 12.2 Å². The third-order valence-electron chi connectivity index (χ3n) is 2.03. The third-order valence-corrected chi connectivity index (χ3v) is 2.75. The Kier molecular flexibility index (Phi) is 6.77. The standard InChI is InChI=1S/C10H19NOS/c1-5-7-10(12)11(3)9(6-2)8-13-4/h5,7,9H,6,8H2,1-4H3/b7-5+. The van der Waals surface area contributed by atoms with E-state index in [-0.39, 0.29) is 5.91 Å². The van der Waals surface area contributed by atoms with E-state index in [1.165, 1.54) is 0 Å². The molecule has 3 heteroatoms. The predicted molar refractivity (Wildman–Crippen MR) is 60.0 cm³/mol. The number of hydrogen-bond donors (Lipinski definition) is 0. The van der Waals surface area contributed by atoms with Gasteiger partial charge >= 0.3 is 0 Å². The predicted octanol–water partition coefficient (Wildman–Crippen LogP) is 2.16. The van der Waals surface area contributed by atoms with E-state index in [1.807, 2.05) is 18.9 Å².